The highest BCUT2D eigenvalue weighted by atomic mass is 16.5. The molecule has 1 amide bonds. The summed E-state index contributed by atoms with van der Waals surface area (Å²) < 4.78 is 10.5. The standard InChI is InChI=1S/C16H19N3O3/c20-16(15-4-2-8-22-15)18-12-14(13-3-1-5-17-11-13)19-6-9-21-10-7-19/h1-5,8,11,14H,6-7,9-10,12H2,(H,18,20)/t14-/m1/s1. The lowest BCUT2D eigenvalue weighted by Gasteiger charge is -2.34. The number of ether oxygens (including phenoxy) is 1. The number of rotatable bonds is 5. The number of hydrogen-bond donors (Lipinski definition) is 1. The van der Waals surface area contributed by atoms with Crippen LogP contribution >= 0.6 is 0 Å². The molecule has 0 aliphatic carbocycles. The van der Waals surface area contributed by atoms with E-state index in [9.17, 15) is 4.79 Å². The summed E-state index contributed by atoms with van der Waals surface area (Å²) in [4.78, 5) is 18.6. The molecule has 3 rings (SSSR count). The molecule has 1 atom stereocenters. The Labute approximate surface area is 129 Å². The Kier molecular flexibility index (Phi) is 4.82. The van der Waals surface area contributed by atoms with Crippen LogP contribution in [0.3, 0.4) is 0 Å². The third kappa shape index (κ3) is 3.52. The van der Waals surface area contributed by atoms with Gasteiger partial charge in [-0.3, -0.25) is 14.7 Å². The van der Waals surface area contributed by atoms with Gasteiger partial charge >= 0.3 is 0 Å². The third-order valence-corrected chi connectivity index (χ3v) is 3.76. The number of furan rings is 1. The van der Waals surface area contributed by atoms with Crippen molar-refractivity contribution in [1.29, 1.82) is 0 Å². The highest BCUT2D eigenvalue weighted by Gasteiger charge is 2.23. The highest BCUT2D eigenvalue weighted by Crippen LogP contribution is 2.20. The first-order valence-electron chi connectivity index (χ1n) is 7.38. The number of hydrogen-bond acceptors (Lipinski definition) is 5. The third-order valence-electron chi connectivity index (χ3n) is 3.76. The lowest BCUT2D eigenvalue weighted by Crippen LogP contribution is -2.43. The van der Waals surface area contributed by atoms with Crippen LogP contribution in [-0.2, 0) is 4.74 Å². The fourth-order valence-corrected chi connectivity index (χ4v) is 2.60. The number of carbonyl (C=O) groups excluding carboxylic acids is 1. The maximum absolute atomic E-state index is 12.1. The molecule has 0 aromatic carbocycles. The quantitative estimate of drug-likeness (QED) is 0.906. The summed E-state index contributed by atoms with van der Waals surface area (Å²) in [6, 6.07) is 7.39. The van der Waals surface area contributed by atoms with Gasteiger partial charge in [0.25, 0.3) is 5.91 Å². The number of pyridine rings is 1. The predicted octanol–water partition coefficient (Wildman–Crippen LogP) is 1.48. The predicted molar refractivity (Wildman–Crippen MR) is 80.4 cm³/mol. The zero-order valence-corrected chi connectivity index (χ0v) is 12.3. The van der Waals surface area contributed by atoms with Crippen molar-refractivity contribution in [3.63, 3.8) is 0 Å². The van der Waals surface area contributed by atoms with Crippen LogP contribution in [0.25, 0.3) is 0 Å². The molecule has 22 heavy (non-hydrogen) atoms. The molecule has 1 aliphatic heterocycles. The molecule has 0 unspecified atom stereocenters. The van der Waals surface area contributed by atoms with E-state index in [-0.39, 0.29) is 11.9 Å². The van der Waals surface area contributed by atoms with Crippen molar-refractivity contribution in [2.75, 3.05) is 32.8 Å². The highest BCUT2D eigenvalue weighted by molar-refractivity contribution is 5.91. The van der Waals surface area contributed by atoms with Crippen LogP contribution in [0.15, 0.2) is 47.3 Å². The Balaban J connectivity index is 1.69. The van der Waals surface area contributed by atoms with Crippen LogP contribution in [-0.4, -0.2) is 48.6 Å². The summed E-state index contributed by atoms with van der Waals surface area (Å²) in [7, 11) is 0. The average molecular weight is 301 g/mol. The first-order chi connectivity index (χ1) is 10.8. The normalized spacial score (nSPS) is 17.1. The summed E-state index contributed by atoms with van der Waals surface area (Å²) in [5.74, 6) is 0.124. The minimum absolute atomic E-state index is 0.0801. The van der Waals surface area contributed by atoms with Crippen LogP contribution in [0.5, 0.6) is 0 Å². The molecule has 2 aromatic rings. The molecule has 1 N–H and O–H groups in total. The Morgan fingerprint density at radius 2 is 2.18 bits per heavy atom. The topological polar surface area (TPSA) is 67.6 Å². The van der Waals surface area contributed by atoms with Crippen LogP contribution in [0.2, 0.25) is 0 Å². The SMILES string of the molecule is O=C(NC[C@H](c1cccnc1)N1CCOCC1)c1ccco1. The molecule has 0 bridgehead atoms. The molecule has 1 saturated heterocycles. The molecule has 0 saturated carbocycles. The van der Waals surface area contributed by atoms with Crippen molar-refractivity contribution >= 4 is 5.91 Å². The van der Waals surface area contributed by atoms with Crippen LogP contribution < -0.4 is 5.32 Å². The van der Waals surface area contributed by atoms with E-state index in [0.717, 1.165) is 18.7 Å². The van der Waals surface area contributed by atoms with E-state index >= 15 is 0 Å². The molecule has 0 radical (unpaired) electrons. The Hall–Kier alpha value is -2.18. The zero-order valence-electron chi connectivity index (χ0n) is 12.3. The molecular formula is C16H19N3O3. The van der Waals surface area contributed by atoms with Crippen molar-refractivity contribution in [2.45, 2.75) is 6.04 Å². The molecule has 2 aromatic heterocycles. The zero-order chi connectivity index (χ0) is 15.2. The Morgan fingerprint density at radius 1 is 1.32 bits per heavy atom. The maximum Gasteiger partial charge on any atom is 0.287 e. The summed E-state index contributed by atoms with van der Waals surface area (Å²) in [6.07, 6.45) is 5.09. The van der Waals surface area contributed by atoms with Gasteiger partial charge in [0.2, 0.25) is 0 Å². The van der Waals surface area contributed by atoms with Gasteiger partial charge in [-0.15, -0.1) is 0 Å². The monoisotopic (exact) mass is 301 g/mol. The maximum atomic E-state index is 12.1. The number of aromatic nitrogens is 1. The molecule has 116 valence electrons. The number of nitrogens with one attached hydrogen (secondary N) is 1. The van der Waals surface area contributed by atoms with Crippen molar-refractivity contribution < 1.29 is 13.9 Å². The van der Waals surface area contributed by atoms with E-state index < -0.39 is 0 Å². The second-order valence-corrected chi connectivity index (χ2v) is 5.14. The Bertz CT molecular complexity index is 580. The van der Waals surface area contributed by atoms with E-state index in [1.54, 1.807) is 18.3 Å². The van der Waals surface area contributed by atoms with Gasteiger partial charge in [0.1, 0.15) is 0 Å². The average Bonchev–Trinajstić information content (AvgIpc) is 3.11. The van der Waals surface area contributed by atoms with Crippen LogP contribution in [0.4, 0.5) is 0 Å². The van der Waals surface area contributed by atoms with E-state index in [1.165, 1.54) is 6.26 Å². The van der Waals surface area contributed by atoms with Crippen LogP contribution in [0.1, 0.15) is 22.2 Å². The van der Waals surface area contributed by atoms with E-state index in [0.29, 0.717) is 25.5 Å². The molecule has 6 nitrogen and oxygen atoms in total. The van der Waals surface area contributed by atoms with E-state index in [1.807, 2.05) is 18.3 Å². The van der Waals surface area contributed by atoms with Crippen molar-refractivity contribution in [3.05, 3.63) is 54.2 Å². The van der Waals surface area contributed by atoms with Gasteiger partial charge < -0.3 is 14.5 Å². The number of morpholine rings is 1. The molecule has 1 fully saturated rings. The molecule has 6 heteroatoms. The first kappa shape index (κ1) is 14.7. The van der Waals surface area contributed by atoms with Crippen molar-refractivity contribution in [2.24, 2.45) is 0 Å². The number of amides is 1. The summed E-state index contributed by atoms with van der Waals surface area (Å²) in [6.45, 7) is 3.61. The van der Waals surface area contributed by atoms with E-state index in [2.05, 4.69) is 15.2 Å². The van der Waals surface area contributed by atoms with Crippen LogP contribution in [0, 0.1) is 0 Å². The minimum Gasteiger partial charge on any atom is -0.459 e. The lowest BCUT2D eigenvalue weighted by molar-refractivity contribution is 0.0161. The first-order valence-corrected chi connectivity index (χ1v) is 7.38. The smallest absolute Gasteiger partial charge is 0.287 e. The van der Waals surface area contributed by atoms with Gasteiger partial charge in [-0.25, -0.2) is 0 Å². The van der Waals surface area contributed by atoms with Gasteiger partial charge in [0, 0.05) is 32.0 Å². The largest absolute Gasteiger partial charge is 0.459 e. The Morgan fingerprint density at radius 3 is 2.86 bits per heavy atom. The van der Waals surface area contributed by atoms with Gasteiger partial charge in [-0.05, 0) is 23.8 Å². The number of carbonyl (C=O) groups is 1. The van der Waals surface area contributed by atoms with E-state index in [4.69, 9.17) is 9.15 Å². The second-order valence-electron chi connectivity index (χ2n) is 5.14. The summed E-state index contributed by atoms with van der Waals surface area (Å²) in [5, 5.41) is 2.94. The fraction of sp³-hybridized carbons (Fsp3) is 0.375. The summed E-state index contributed by atoms with van der Waals surface area (Å²) in [5.41, 5.74) is 1.09. The molecule has 1 aliphatic rings. The van der Waals surface area contributed by atoms with Gasteiger partial charge in [0.15, 0.2) is 5.76 Å². The molecule has 3 heterocycles. The summed E-state index contributed by atoms with van der Waals surface area (Å²) >= 11 is 0. The van der Waals surface area contributed by atoms with Crippen molar-refractivity contribution in [3.8, 4) is 0 Å². The second kappa shape index (κ2) is 7.20. The minimum atomic E-state index is -0.202. The number of nitrogens with zero attached hydrogens (tertiary/aromatic N) is 2. The van der Waals surface area contributed by atoms with Gasteiger partial charge in [-0.1, -0.05) is 6.07 Å². The van der Waals surface area contributed by atoms with Gasteiger partial charge in [-0.2, -0.15) is 0 Å². The lowest BCUT2D eigenvalue weighted by atomic mass is 10.1. The molecular weight excluding hydrogens is 282 g/mol. The van der Waals surface area contributed by atoms with Gasteiger partial charge in [0.05, 0.1) is 25.5 Å². The van der Waals surface area contributed by atoms with Crippen molar-refractivity contribution in [1.82, 2.24) is 15.2 Å². The molecule has 0 spiro atoms. The fourth-order valence-electron chi connectivity index (χ4n) is 2.60.